The molecule has 0 aliphatic rings. The zero-order valence-corrected chi connectivity index (χ0v) is 102. The van der Waals surface area contributed by atoms with E-state index in [0.29, 0.717) is 88.5 Å². The number of Topliss-reactive ketones (excluding diaryl/α,β-unsaturated/α-hetero) is 9. The summed E-state index contributed by atoms with van der Waals surface area (Å²) in [5.74, 6) is 2.14. The highest BCUT2D eigenvalue weighted by atomic mass is 31.2. The zero-order valence-electron chi connectivity index (χ0n) is 101. The smallest absolute Gasteiger partial charge is 0.395 e. The standard InChI is InChI=1S/C25H50N4O3.C22H40N2O4.C21H38N2O4.C20H38N2O3.C18H30.C10H24NO5P/c1-15(2)11-20(23(30)26-14-18(7)8)28-25(32)22(13-17(5)6)29-24(31)21(12-16(3)4)27-19(9)10;1-13(2)19(25)11-9-18(22(28)15(5)6)24-20(26)12-10-17(23-16(7)8)21(27)14(3)4;1-14(2)18(24)11-22(12-19(25)15(3)4)9-10-23(21(27)17(7)8)13-20(26)16(5)6;1-13(2)18(23)11-22(12-19(24)14(3)4)17(20(25)15(5)6)9-10-21-16(7)8;1-13(2)11-18(12-14(3)4)17-9-7-16(8-10-17)15(5)6;1-7(2)11-10(6-12)9(5)16-17(13,14)15-8(3)4/h15-22,27H,11-14H2,1-10H3,(H,26,30)(H,28,32)(H,29,31);13-18,23H,9-12H2,1-8H3,(H,24,26);14-17H,9-13H2,1-8H3;13-17,21H,9-12H2,1-8H3;7-10,13-15,18H,11-12H2,1-6H3;7-12H,6H2,1-5H3,(H,13,14). The van der Waals surface area contributed by atoms with Gasteiger partial charge in [0.2, 0.25) is 29.5 Å². The van der Waals surface area contributed by atoms with Gasteiger partial charge in [-0.2, -0.15) is 0 Å². The van der Waals surface area contributed by atoms with Gasteiger partial charge in [0.15, 0.2) is 23.1 Å². The minimum Gasteiger partial charge on any atom is -0.395 e. The van der Waals surface area contributed by atoms with E-state index in [-0.39, 0.29) is 235 Å². The molecular weight excluding hydrogens is 1880 g/mol. The Morgan fingerprint density at radius 2 is 0.714 bits per heavy atom. The predicted molar refractivity (Wildman–Crippen MR) is 602 cm³/mol. The number of phosphoric ester groups is 1. The van der Waals surface area contributed by atoms with E-state index in [4.69, 9.17) is 14.2 Å². The third-order valence-electron chi connectivity index (χ3n) is 24.0. The Morgan fingerprint density at radius 1 is 0.347 bits per heavy atom. The Balaban J connectivity index is -0.000000555. The van der Waals surface area contributed by atoms with Crippen LogP contribution in [-0.2, 0) is 80.7 Å². The Morgan fingerprint density at radius 3 is 1.07 bits per heavy atom. The molecule has 10 N–H and O–H groups in total. The average Bonchev–Trinajstić information content (AvgIpc) is 0.819. The summed E-state index contributed by atoms with van der Waals surface area (Å²) in [6, 6.07) is 6.57. The van der Waals surface area contributed by atoms with Gasteiger partial charge in [-0.3, -0.25) is 86.0 Å². The Kier molecular flexibility index (Phi) is 80.4. The number of benzene rings is 1. The Bertz CT molecular complexity index is 3880. The SMILES string of the molecule is CC(C)C(=O)CN(CCN(CC(=O)C(C)C)C(=O)C(C)C)CC(=O)C(C)C.CC(C)CC(CC(C)C)c1ccc(C(C)C)cc1.CC(C)CNC(=O)C(CC(C)C)NC(=O)C(CC(C)C)NC(=O)C(CC(C)C)NC(C)C.CC(C)NC(CCC(=O)NC(CCC(=O)C(C)C)C(=O)C(C)C)C(=O)C(C)C.CC(C)NC(CO)C(C)OP(=O)(O)OC(C)C.CC(C)NCCC(C(=O)C(C)C)N(CC(=O)C(C)C)CC(=O)C(C)C. The van der Waals surface area contributed by atoms with Crippen molar-refractivity contribution in [2.45, 2.75) is 466 Å². The third-order valence-corrected chi connectivity index (χ3v) is 25.3. The number of ketones is 9. The van der Waals surface area contributed by atoms with Crippen LogP contribution in [0, 0.1) is 94.7 Å². The predicted octanol–water partition coefficient (Wildman–Crippen LogP) is 18.7. The fraction of sp³-hybridized carbons (Fsp3) is 0.828. The number of amides is 5. The maximum atomic E-state index is 13.2. The lowest BCUT2D eigenvalue weighted by Gasteiger charge is -2.32. The van der Waals surface area contributed by atoms with E-state index in [1.165, 1.54) is 24.0 Å². The number of rotatable bonds is 69. The van der Waals surface area contributed by atoms with Crippen LogP contribution in [-0.4, -0.2) is 250 Å². The van der Waals surface area contributed by atoms with Crippen molar-refractivity contribution < 1.29 is 90.7 Å². The van der Waals surface area contributed by atoms with Crippen molar-refractivity contribution >= 4 is 89.4 Å². The normalized spacial score (nSPS) is 14.0. The number of nitrogens with zero attached hydrogens (tertiary/aromatic N) is 3. The summed E-state index contributed by atoms with van der Waals surface area (Å²) in [6.45, 7) is 90.1. The molecule has 1 aromatic rings. The first-order chi connectivity index (χ1) is 67.5. The molecule has 1 rings (SSSR count). The molecule has 0 spiro atoms. The van der Waals surface area contributed by atoms with Gasteiger partial charge < -0.3 is 57.4 Å². The number of carbonyl (C=O) groups is 14. The molecule has 9 atom stereocenters. The van der Waals surface area contributed by atoms with Gasteiger partial charge in [-0.15, -0.1) is 0 Å². The van der Waals surface area contributed by atoms with E-state index < -0.39 is 50.2 Å². The second-order valence-electron chi connectivity index (χ2n) is 47.8. The highest BCUT2D eigenvalue weighted by Crippen LogP contribution is 2.46. The van der Waals surface area contributed by atoms with Crippen molar-refractivity contribution in [3.8, 4) is 0 Å². The molecule has 30 nitrogen and oxygen atoms in total. The van der Waals surface area contributed by atoms with Crippen LogP contribution in [0.1, 0.15) is 399 Å². The summed E-state index contributed by atoms with van der Waals surface area (Å²) in [5, 5.41) is 33.7. The quantitative estimate of drug-likeness (QED) is 0.0271. The van der Waals surface area contributed by atoms with Gasteiger partial charge in [0.25, 0.3) is 0 Å². The van der Waals surface area contributed by atoms with E-state index in [1.807, 2.05) is 194 Å². The van der Waals surface area contributed by atoms with Gasteiger partial charge in [0.05, 0.1) is 81.7 Å². The van der Waals surface area contributed by atoms with Crippen LogP contribution in [0.4, 0.5) is 0 Å². The average molecular weight is 2100 g/mol. The minimum atomic E-state index is -4.07. The Labute approximate surface area is 894 Å². The van der Waals surface area contributed by atoms with Crippen molar-refractivity contribution in [1.29, 1.82) is 0 Å². The van der Waals surface area contributed by atoms with Crippen molar-refractivity contribution in [3.63, 3.8) is 0 Å². The van der Waals surface area contributed by atoms with E-state index in [2.05, 4.69) is 136 Å². The van der Waals surface area contributed by atoms with Crippen molar-refractivity contribution in [1.82, 2.24) is 57.2 Å². The molecule has 0 heterocycles. The van der Waals surface area contributed by atoms with Gasteiger partial charge >= 0.3 is 7.82 Å². The molecule has 9 unspecified atom stereocenters. The van der Waals surface area contributed by atoms with Crippen LogP contribution < -0.4 is 42.5 Å². The highest BCUT2D eigenvalue weighted by molar-refractivity contribution is 7.47. The lowest BCUT2D eigenvalue weighted by atomic mass is 9.83. The van der Waals surface area contributed by atoms with E-state index >= 15 is 0 Å². The Hall–Kier alpha value is -6.57. The fourth-order valence-electron chi connectivity index (χ4n) is 15.1. The number of aliphatic hydroxyl groups excluding tert-OH is 1. The van der Waals surface area contributed by atoms with E-state index in [0.717, 1.165) is 17.8 Å². The lowest BCUT2D eigenvalue weighted by Crippen LogP contribution is -2.57. The molecule has 0 saturated heterocycles. The highest BCUT2D eigenvalue weighted by Gasteiger charge is 2.37. The molecule has 858 valence electrons. The maximum Gasteiger partial charge on any atom is 0.472 e. The second kappa shape index (κ2) is 79.4. The number of hydrogen-bond acceptors (Lipinski definition) is 24. The van der Waals surface area contributed by atoms with Gasteiger partial charge in [-0.1, -0.05) is 315 Å². The summed E-state index contributed by atoms with van der Waals surface area (Å²) in [4.78, 5) is 189. The summed E-state index contributed by atoms with van der Waals surface area (Å²) >= 11 is 0. The molecule has 1 aromatic carbocycles. The largest absolute Gasteiger partial charge is 0.472 e. The van der Waals surface area contributed by atoms with Crippen LogP contribution in [0.25, 0.3) is 0 Å². The van der Waals surface area contributed by atoms with Crippen LogP contribution >= 0.6 is 7.82 Å². The summed E-state index contributed by atoms with van der Waals surface area (Å²) in [5.41, 5.74) is 2.98. The first-order valence-electron chi connectivity index (χ1n) is 55.6. The van der Waals surface area contributed by atoms with Crippen molar-refractivity contribution in [3.05, 3.63) is 35.4 Å². The summed E-state index contributed by atoms with van der Waals surface area (Å²) < 4.78 is 21.3. The molecular formula is C116H220N11O19P. The molecule has 0 aliphatic carbocycles. The van der Waals surface area contributed by atoms with Crippen LogP contribution in [0.3, 0.4) is 0 Å². The van der Waals surface area contributed by atoms with E-state index in [9.17, 15) is 76.6 Å². The molecule has 0 saturated carbocycles. The molecule has 31 heteroatoms. The van der Waals surface area contributed by atoms with Crippen molar-refractivity contribution in [2.75, 3.05) is 65.5 Å². The number of phosphoric acid groups is 1. The zero-order chi connectivity index (χ0) is 115. The van der Waals surface area contributed by atoms with Gasteiger partial charge in [0.1, 0.15) is 41.0 Å². The first-order valence-corrected chi connectivity index (χ1v) is 57.1. The fourth-order valence-corrected chi connectivity index (χ4v) is 16.3. The van der Waals surface area contributed by atoms with Crippen LogP contribution in [0.5, 0.6) is 0 Å². The molecule has 0 aliphatic heterocycles. The number of nitrogens with one attached hydrogen (secondary N) is 8. The van der Waals surface area contributed by atoms with Gasteiger partial charge in [-0.25, -0.2) is 4.57 Å². The number of aliphatic hydroxyl groups is 1. The first kappa shape index (κ1) is 149. The summed E-state index contributed by atoms with van der Waals surface area (Å²) in [7, 11) is -4.07. The van der Waals surface area contributed by atoms with E-state index in [1.54, 1.807) is 63.2 Å². The van der Waals surface area contributed by atoms with Gasteiger partial charge in [0, 0.05) is 116 Å². The molecule has 5 amide bonds. The van der Waals surface area contributed by atoms with Crippen LogP contribution in [0.15, 0.2) is 24.3 Å². The lowest BCUT2D eigenvalue weighted by molar-refractivity contribution is -0.139. The molecule has 147 heavy (non-hydrogen) atoms. The molecule has 0 bridgehead atoms. The molecule has 0 radical (unpaired) electrons. The number of carbonyl (C=O) groups excluding carboxylic acids is 14. The number of hydrogen-bond donors (Lipinski definition) is 10. The monoisotopic (exact) mass is 2100 g/mol. The molecule has 0 aromatic heterocycles. The van der Waals surface area contributed by atoms with Crippen molar-refractivity contribution in [2.24, 2.45) is 94.7 Å². The minimum absolute atomic E-state index is 0.00654. The second-order valence-corrected chi connectivity index (χ2v) is 49.1. The summed E-state index contributed by atoms with van der Waals surface area (Å²) in [6.07, 6.45) is 5.05. The molecule has 0 fully saturated rings. The third kappa shape index (κ3) is 73.4. The maximum absolute atomic E-state index is 13.2. The van der Waals surface area contributed by atoms with Crippen LogP contribution in [0.2, 0.25) is 0 Å². The topological polar surface area (TPSA) is 421 Å². The van der Waals surface area contributed by atoms with Gasteiger partial charge in [-0.05, 0) is 137 Å².